The van der Waals surface area contributed by atoms with E-state index in [0.717, 1.165) is 35.7 Å². The molecule has 1 aromatic carbocycles. The summed E-state index contributed by atoms with van der Waals surface area (Å²) in [5.41, 5.74) is 2.18. The Morgan fingerprint density at radius 2 is 2.12 bits per heavy atom. The molecule has 2 amide bonds. The van der Waals surface area contributed by atoms with Crippen molar-refractivity contribution >= 4 is 34.3 Å². The summed E-state index contributed by atoms with van der Waals surface area (Å²) in [5.74, 6) is -0.0689. The molecule has 0 unspecified atom stereocenters. The number of nitrogens with zero attached hydrogens (tertiary/aromatic N) is 1. The predicted octanol–water partition coefficient (Wildman–Crippen LogP) is 3.27. The average Bonchev–Trinajstić information content (AvgIpc) is 3.34. The molecule has 26 heavy (non-hydrogen) atoms. The smallest absolute Gasteiger partial charge is 0.225 e. The Kier molecular flexibility index (Phi) is 4.90. The summed E-state index contributed by atoms with van der Waals surface area (Å²) in [6, 6.07) is 6.12. The molecule has 1 aliphatic heterocycles. The van der Waals surface area contributed by atoms with E-state index in [0.29, 0.717) is 30.6 Å². The van der Waals surface area contributed by atoms with Gasteiger partial charge >= 0.3 is 0 Å². The van der Waals surface area contributed by atoms with Gasteiger partial charge in [-0.2, -0.15) is 0 Å². The van der Waals surface area contributed by atoms with Crippen LogP contribution in [0.4, 0.5) is 0 Å². The first-order valence-corrected chi connectivity index (χ1v) is 9.82. The molecule has 2 heterocycles. The fraction of sp³-hybridized carbons (Fsp3) is 0.500. The first kappa shape index (κ1) is 17.4. The minimum Gasteiger partial charge on any atom is -0.361 e. The Balaban J connectivity index is 1.31. The van der Waals surface area contributed by atoms with Crippen LogP contribution in [0.1, 0.15) is 37.7 Å². The van der Waals surface area contributed by atoms with Crippen LogP contribution in [0, 0.1) is 5.92 Å². The van der Waals surface area contributed by atoms with Crippen LogP contribution in [-0.2, 0) is 16.0 Å². The van der Waals surface area contributed by atoms with E-state index in [2.05, 4.69) is 10.3 Å². The molecule has 1 aromatic heterocycles. The molecule has 0 bridgehead atoms. The summed E-state index contributed by atoms with van der Waals surface area (Å²) >= 11 is 6.08. The number of aromatic nitrogens is 1. The number of amides is 2. The number of likely N-dealkylation sites (tertiary alicyclic amines) is 1. The van der Waals surface area contributed by atoms with Crippen molar-refractivity contribution in [3.05, 3.63) is 35.0 Å². The summed E-state index contributed by atoms with van der Waals surface area (Å²) in [7, 11) is 0. The molecule has 0 radical (unpaired) electrons. The SMILES string of the molecule is O=C(NCCc1c[nH]c2ccc(Cl)cc12)[C@H]1CC(=O)N(C2CCCC2)C1. The number of benzene rings is 1. The van der Waals surface area contributed by atoms with Crippen molar-refractivity contribution in [3.8, 4) is 0 Å². The summed E-state index contributed by atoms with van der Waals surface area (Å²) in [4.78, 5) is 29.9. The lowest BCUT2D eigenvalue weighted by Gasteiger charge is -2.23. The Morgan fingerprint density at radius 3 is 2.92 bits per heavy atom. The zero-order valence-corrected chi connectivity index (χ0v) is 15.5. The highest BCUT2D eigenvalue weighted by Gasteiger charge is 2.38. The van der Waals surface area contributed by atoms with Crippen molar-refractivity contribution in [3.63, 3.8) is 0 Å². The molecular formula is C20H24ClN3O2. The highest BCUT2D eigenvalue weighted by atomic mass is 35.5. The lowest BCUT2D eigenvalue weighted by Crippen LogP contribution is -2.37. The lowest BCUT2D eigenvalue weighted by atomic mass is 10.1. The third-order valence-corrected chi connectivity index (χ3v) is 5.95. The minimum absolute atomic E-state index is 0.00304. The van der Waals surface area contributed by atoms with E-state index in [9.17, 15) is 9.59 Å². The maximum atomic E-state index is 12.5. The predicted molar refractivity (Wildman–Crippen MR) is 102 cm³/mol. The number of halogens is 1. The molecule has 5 nitrogen and oxygen atoms in total. The second-order valence-electron chi connectivity index (χ2n) is 7.43. The van der Waals surface area contributed by atoms with Crippen LogP contribution < -0.4 is 5.32 Å². The van der Waals surface area contributed by atoms with Crippen LogP contribution in [0.2, 0.25) is 5.02 Å². The summed E-state index contributed by atoms with van der Waals surface area (Å²) in [5, 5.41) is 4.81. The van der Waals surface area contributed by atoms with E-state index >= 15 is 0 Å². The number of hydrogen-bond acceptors (Lipinski definition) is 2. The van der Waals surface area contributed by atoms with Crippen LogP contribution in [0.25, 0.3) is 10.9 Å². The maximum Gasteiger partial charge on any atom is 0.225 e. The molecule has 2 fully saturated rings. The number of hydrogen-bond donors (Lipinski definition) is 2. The molecule has 4 rings (SSSR count). The molecule has 138 valence electrons. The molecule has 1 saturated carbocycles. The van der Waals surface area contributed by atoms with Crippen molar-refractivity contribution in [1.29, 1.82) is 0 Å². The molecule has 6 heteroatoms. The number of carbonyl (C=O) groups excluding carboxylic acids is 2. The van der Waals surface area contributed by atoms with Crippen LogP contribution in [0.3, 0.4) is 0 Å². The van der Waals surface area contributed by atoms with Crippen molar-refractivity contribution < 1.29 is 9.59 Å². The third-order valence-electron chi connectivity index (χ3n) is 5.72. The lowest BCUT2D eigenvalue weighted by molar-refractivity contribution is -0.130. The van der Waals surface area contributed by atoms with Crippen LogP contribution >= 0.6 is 11.6 Å². The molecule has 1 atom stereocenters. The quantitative estimate of drug-likeness (QED) is 0.844. The normalized spacial score (nSPS) is 21.0. The topological polar surface area (TPSA) is 65.2 Å². The highest BCUT2D eigenvalue weighted by molar-refractivity contribution is 6.31. The summed E-state index contributed by atoms with van der Waals surface area (Å²) in [6.07, 6.45) is 7.62. The second-order valence-corrected chi connectivity index (χ2v) is 7.87. The van der Waals surface area contributed by atoms with Gasteiger partial charge in [-0.05, 0) is 43.0 Å². The summed E-state index contributed by atoms with van der Waals surface area (Å²) < 4.78 is 0. The summed E-state index contributed by atoms with van der Waals surface area (Å²) in [6.45, 7) is 1.14. The van der Waals surface area contributed by atoms with E-state index < -0.39 is 0 Å². The Labute approximate surface area is 158 Å². The van der Waals surface area contributed by atoms with E-state index in [-0.39, 0.29) is 17.7 Å². The molecular weight excluding hydrogens is 350 g/mol. The van der Waals surface area contributed by atoms with Crippen molar-refractivity contribution in [2.75, 3.05) is 13.1 Å². The molecule has 2 aliphatic rings. The first-order valence-electron chi connectivity index (χ1n) is 9.44. The van der Waals surface area contributed by atoms with Crippen LogP contribution in [0.15, 0.2) is 24.4 Å². The van der Waals surface area contributed by atoms with E-state index in [1.54, 1.807) is 0 Å². The molecule has 1 aliphatic carbocycles. The van der Waals surface area contributed by atoms with Gasteiger partial charge in [0, 0.05) is 47.7 Å². The van der Waals surface area contributed by atoms with E-state index in [1.807, 2.05) is 29.3 Å². The van der Waals surface area contributed by atoms with Crippen LogP contribution in [-0.4, -0.2) is 40.8 Å². The first-order chi connectivity index (χ1) is 12.6. The van der Waals surface area contributed by atoms with Crippen LogP contribution in [0.5, 0.6) is 0 Å². The number of H-pyrrole nitrogens is 1. The zero-order valence-electron chi connectivity index (χ0n) is 14.8. The number of carbonyl (C=O) groups is 2. The largest absolute Gasteiger partial charge is 0.361 e. The van der Waals surface area contributed by atoms with Crippen molar-refractivity contribution in [1.82, 2.24) is 15.2 Å². The fourth-order valence-corrected chi connectivity index (χ4v) is 4.47. The van der Waals surface area contributed by atoms with Gasteiger partial charge in [-0.1, -0.05) is 24.4 Å². The zero-order chi connectivity index (χ0) is 18.1. The van der Waals surface area contributed by atoms with Crippen molar-refractivity contribution in [2.45, 2.75) is 44.6 Å². The number of aromatic amines is 1. The van der Waals surface area contributed by atoms with Gasteiger partial charge in [0.05, 0.1) is 5.92 Å². The van der Waals surface area contributed by atoms with Gasteiger partial charge < -0.3 is 15.2 Å². The number of fused-ring (bicyclic) bond motifs is 1. The standard InChI is InChI=1S/C20H24ClN3O2/c21-15-5-6-18-17(10-15)13(11-23-18)7-8-22-20(26)14-9-19(25)24(12-14)16-3-1-2-4-16/h5-6,10-11,14,16,23H,1-4,7-9,12H2,(H,22,26)/t14-/m0/s1. The van der Waals surface area contributed by atoms with Gasteiger partial charge in [-0.25, -0.2) is 0 Å². The second kappa shape index (κ2) is 7.31. The Hall–Kier alpha value is -2.01. The Bertz CT molecular complexity index is 826. The van der Waals surface area contributed by atoms with Gasteiger partial charge in [-0.15, -0.1) is 0 Å². The average molecular weight is 374 g/mol. The number of nitrogens with one attached hydrogen (secondary N) is 2. The minimum atomic E-state index is -0.208. The molecule has 1 saturated heterocycles. The maximum absolute atomic E-state index is 12.5. The van der Waals surface area contributed by atoms with Gasteiger partial charge in [0.15, 0.2) is 0 Å². The molecule has 0 spiro atoms. The van der Waals surface area contributed by atoms with E-state index in [1.165, 1.54) is 12.8 Å². The van der Waals surface area contributed by atoms with Gasteiger partial charge in [-0.3, -0.25) is 9.59 Å². The fourth-order valence-electron chi connectivity index (χ4n) is 4.30. The molecule has 2 N–H and O–H groups in total. The van der Waals surface area contributed by atoms with Gasteiger partial charge in [0.1, 0.15) is 0 Å². The highest BCUT2D eigenvalue weighted by Crippen LogP contribution is 2.29. The number of rotatable bonds is 5. The molecule has 2 aromatic rings. The monoisotopic (exact) mass is 373 g/mol. The van der Waals surface area contributed by atoms with Crippen molar-refractivity contribution in [2.24, 2.45) is 5.92 Å². The van der Waals surface area contributed by atoms with E-state index in [4.69, 9.17) is 11.6 Å². The van der Waals surface area contributed by atoms with Gasteiger partial charge in [0.25, 0.3) is 0 Å². The third kappa shape index (κ3) is 3.45. The van der Waals surface area contributed by atoms with Gasteiger partial charge in [0.2, 0.25) is 11.8 Å². The Morgan fingerprint density at radius 1 is 1.31 bits per heavy atom.